The molecule has 0 bridgehead atoms. The Hall–Kier alpha value is -15.3. The van der Waals surface area contributed by atoms with Gasteiger partial charge < -0.3 is 0 Å². The lowest BCUT2D eigenvalue weighted by molar-refractivity contribution is 1.77. The van der Waals surface area contributed by atoms with Crippen LogP contribution in [0.15, 0.2) is 449 Å². The van der Waals surface area contributed by atoms with E-state index in [2.05, 4.69) is 449 Å². The molecule has 0 unspecified atom stereocenters. The van der Waals surface area contributed by atoms with Crippen LogP contribution >= 0.6 is 0 Å². The minimum Gasteiger partial charge on any atom is -0.0616 e. The van der Waals surface area contributed by atoms with Gasteiger partial charge in [0.1, 0.15) is 0 Å². The predicted octanol–water partition coefficient (Wildman–Crippen LogP) is 33.8. The van der Waals surface area contributed by atoms with Crippen LogP contribution in [0.1, 0.15) is 0 Å². The lowest BCUT2D eigenvalue weighted by atomic mass is 9.87. The first kappa shape index (κ1) is 68.3. The first-order valence-electron chi connectivity index (χ1n) is 41.0. The largest absolute Gasteiger partial charge is 0.0616 e. The van der Waals surface area contributed by atoms with Crippen molar-refractivity contribution in [1.29, 1.82) is 0 Å². The maximum Gasteiger partial charge on any atom is -0.00139 e. The molecule has 0 heterocycles. The van der Waals surface area contributed by atoms with Crippen molar-refractivity contribution in [2.75, 3.05) is 0 Å². The summed E-state index contributed by atoms with van der Waals surface area (Å²) in [5, 5.41) is 58.8. The molecular formula is C118H74. The van der Waals surface area contributed by atoms with Crippen LogP contribution in [0.3, 0.4) is 0 Å². The van der Waals surface area contributed by atoms with Gasteiger partial charge in [-0.2, -0.15) is 0 Å². The molecule has 0 amide bonds. The molecule has 0 aromatic heterocycles. The van der Waals surface area contributed by atoms with Gasteiger partial charge in [0.15, 0.2) is 0 Å². The third kappa shape index (κ3) is 11.0. The fourth-order valence-electron chi connectivity index (χ4n) is 20.1. The minimum atomic E-state index is 1.30. The summed E-state index contributed by atoms with van der Waals surface area (Å²) in [6.07, 6.45) is 0. The Morgan fingerprint density at radius 2 is 0.161 bits per heavy atom. The number of benzene rings is 27. The third-order valence-electron chi connectivity index (χ3n) is 25.1. The van der Waals surface area contributed by atoms with Gasteiger partial charge in [0.2, 0.25) is 0 Å². The Labute approximate surface area is 681 Å². The standard InChI is InChI=1S/3C26H16.C22H14.C18H12/c1-5-13-21-17(9-1)18-10-2-6-14-22(18)26-24-16-8-4-12-20(24)19-11-3-7-15-23(19)25(21)26;1-4-10-20-17(7-1)13-15-23-21-11-5-6-12-22(21)25-19-9-3-2-8-18(19)14-16-24(25)26(20)23;1-3-9-19-17(7-1)13-15-23-21-11-5-6-12-22(21)24-16-14-18-8-2-4-10-20(18)26(24)25(19)23;1-2-8-16-15(7-1)13-14-21-19-11-4-3-9-17(19)18-10-5-6-12-20(18)22(16)21;1-2-8-14-13(7-1)15-9-3-4-11-17(15)18-12-6-5-10-16(14)18/h3*1-16H;1-14H;1-12H. The van der Waals surface area contributed by atoms with Gasteiger partial charge in [-0.05, 0) is 237 Å². The average molecular weight is 1490 g/mol. The van der Waals surface area contributed by atoms with Crippen molar-refractivity contribution in [3.05, 3.63) is 449 Å². The zero-order valence-electron chi connectivity index (χ0n) is 64.7. The number of rotatable bonds is 0. The predicted molar refractivity (Wildman–Crippen MR) is 517 cm³/mol. The van der Waals surface area contributed by atoms with Crippen molar-refractivity contribution in [3.63, 3.8) is 0 Å². The molecule has 0 fully saturated rings. The summed E-state index contributed by atoms with van der Waals surface area (Å²) in [7, 11) is 0. The molecule has 0 heteroatoms. The summed E-state index contributed by atoms with van der Waals surface area (Å²) in [5.41, 5.74) is 0. The van der Waals surface area contributed by atoms with Gasteiger partial charge in [-0.15, -0.1) is 0 Å². The van der Waals surface area contributed by atoms with Crippen molar-refractivity contribution in [1.82, 2.24) is 0 Å². The highest BCUT2D eigenvalue weighted by Gasteiger charge is 2.19. The Morgan fingerprint density at radius 3 is 0.364 bits per heavy atom. The van der Waals surface area contributed by atoms with E-state index in [4.69, 9.17) is 0 Å². The Balaban J connectivity index is 0.0000000870. The molecule has 0 aliphatic heterocycles. The third-order valence-corrected chi connectivity index (χ3v) is 25.1. The molecule has 0 saturated carbocycles. The van der Waals surface area contributed by atoms with E-state index in [9.17, 15) is 0 Å². The van der Waals surface area contributed by atoms with Crippen molar-refractivity contribution in [2.24, 2.45) is 0 Å². The van der Waals surface area contributed by atoms with Crippen LogP contribution in [0.2, 0.25) is 0 Å². The summed E-state index contributed by atoms with van der Waals surface area (Å²) in [5.74, 6) is 0. The van der Waals surface area contributed by atoms with E-state index in [1.165, 1.54) is 237 Å². The zero-order chi connectivity index (χ0) is 77.7. The van der Waals surface area contributed by atoms with Gasteiger partial charge in [0, 0.05) is 0 Å². The smallest absolute Gasteiger partial charge is 0.00139 e. The second-order valence-electron chi connectivity index (χ2n) is 31.3. The van der Waals surface area contributed by atoms with Crippen molar-refractivity contribution >= 4 is 237 Å². The molecule has 0 spiro atoms. The van der Waals surface area contributed by atoms with E-state index in [0.29, 0.717) is 0 Å². The molecule has 0 N–H and O–H groups in total. The van der Waals surface area contributed by atoms with Crippen LogP contribution in [0.4, 0.5) is 0 Å². The highest BCUT2D eigenvalue weighted by atomic mass is 14.2. The van der Waals surface area contributed by atoms with Crippen molar-refractivity contribution < 1.29 is 0 Å². The quantitative estimate of drug-likeness (QED) is 0.133. The van der Waals surface area contributed by atoms with Crippen LogP contribution in [0.25, 0.3) is 237 Å². The molecular weight excluding hydrogens is 1420 g/mol. The molecule has 27 aromatic rings. The molecule has 0 aliphatic carbocycles. The van der Waals surface area contributed by atoms with Gasteiger partial charge in [-0.25, -0.2) is 0 Å². The molecule has 0 aliphatic rings. The number of hydrogen-bond donors (Lipinski definition) is 0. The normalized spacial score (nSPS) is 11.7. The fourth-order valence-corrected chi connectivity index (χ4v) is 20.1. The summed E-state index contributed by atoms with van der Waals surface area (Å²) in [4.78, 5) is 0. The van der Waals surface area contributed by atoms with E-state index < -0.39 is 0 Å². The fraction of sp³-hybridized carbons (Fsp3) is 0. The first-order valence-corrected chi connectivity index (χ1v) is 41.0. The van der Waals surface area contributed by atoms with Crippen LogP contribution in [-0.2, 0) is 0 Å². The highest BCUT2D eigenvalue weighted by molar-refractivity contribution is 6.41. The van der Waals surface area contributed by atoms with Gasteiger partial charge >= 0.3 is 0 Å². The Morgan fingerprint density at radius 1 is 0.0593 bits per heavy atom. The van der Waals surface area contributed by atoms with Crippen LogP contribution < -0.4 is 0 Å². The second-order valence-corrected chi connectivity index (χ2v) is 31.3. The van der Waals surface area contributed by atoms with E-state index in [0.717, 1.165) is 0 Å². The van der Waals surface area contributed by atoms with Crippen LogP contribution in [0.5, 0.6) is 0 Å². The zero-order valence-corrected chi connectivity index (χ0v) is 64.7. The lowest BCUT2D eigenvalue weighted by Gasteiger charge is -2.16. The molecule has 27 aromatic carbocycles. The van der Waals surface area contributed by atoms with Gasteiger partial charge in [-0.1, -0.05) is 449 Å². The van der Waals surface area contributed by atoms with Gasteiger partial charge in [0.25, 0.3) is 0 Å². The SMILES string of the molecule is c1ccc2c(c1)c1ccccc1c1c3ccccc3c3ccccc3c21.c1ccc2c(c1)c1ccccc1c1ccccc21.c1ccc2c(c1)ccc1c2c2ccccc2c2ccc3ccccc3c21.c1ccc2c(c1)ccc1c3ccccc3c3ccc4ccccc4c3c21.c1ccc2c(c1)ccc1c3ccccc3c3ccccc3c21. The monoisotopic (exact) mass is 1490 g/mol. The van der Waals surface area contributed by atoms with Crippen molar-refractivity contribution in [2.45, 2.75) is 0 Å². The van der Waals surface area contributed by atoms with Gasteiger partial charge in [-0.3, -0.25) is 0 Å². The summed E-state index contributed by atoms with van der Waals surface area (Å²) < 4.78 is 0. The van der Waals surface area contributed by atoms with Crippen LogP contribution in [-0.4, -0.2) is 0 Å². The maximum absolute atomic E-state index is 2.30. The van der Waals surface area contributed by atoms with Gasteiger partial charge in [0.05, 0.1) is 0 Å². The molecule has 118 heavy (non-hydrogen) atoms. The molecule has 0 saturated heterocycles. The summed E-state index contributed by atoms with van der Waals surface area (Å²) >= 11 is 0. The maximum atomic E-state index is 2.30. The molecule has 0 radical (unpaired) electrons. The summed E-state index contributed by atoms with van der Waals surface area (Å²) in [6, 6.07) is 163. The molecule has 546 valence electrons. The van der Waals surface area contributed by atoms with E-state index in [1.807, 2.05) is 0 Å². The highest BCUT2D eigenvalue weighted by Crippen LogP contribution is 2.48. The molecule has 27 rings (SSSR count). The van der Waals surface area contributed by atoms with E-state index >= 15 is 0 Å². The molecule has 0 atom stereocenters. The van der Waals surface area contributed by atoms with E-state index in [1.54, 1.807) is 0 Å². The number of fused-ring (bicyclic) bond motifs is 45. The molecule has 0 nitrogen and oxygen atoms in total. The average Bonchev–Trinajstić information content (AvgIpc) is 0.719. The van der Waals surface area contributed by atoms with E-state index in [-0.39, 0.29) is 0 Å². The second kappa shape index (κ2) is 28.3. The Bertz CT molecular complexity index is 8050. The number of hydrogen-bond acceptors (Lipinski definition) is 0. The summed E-state index contributed by atoms with van der Waals surface area (Å²) in [6.45, 7) is 0. The first-order chi connectivity index (χ1) is 58.6. The lowest BCUT2D eigenvalue weighted by Crippen LogP contribution is -1.87. The Kier molecular flexibility index (Phi) is 16.4. The minimum absolute atomic E-state index is 1.30. The van der Waals surface area contributed by atoms with Crippen molar-refractivity contribution in [3.8, 4) is 0 Å². The van der Waals surface area contributed by atoms with Crippen LogP contribution in [0, 0.1) is 0 Å². The topological polar surface area (TPSA) is 0 Å².